The van der Waals surface area contributed by atoms with Crippen molar-refractivity contribution in [2.45, 2.75) is 43.6 Å². The zero-order valence-electron chi connectivity index (χ0n) is 12.4. The summed E-state index contributed by atoms with van der Waals surface area (Å²) in [5, 5.41) is 42.8. The van der Waals surface area contributed by atoms with E-state index in [9.17, 15) is 19.8 Å². The van der Waals surface area contributed by atoms with Gasteiger partial charge in [0.25, 0.3) is 0 Å². The highest BCUT2D eigenvalue weighted by molar-refractivity contribution is 5.84. The highest BCUT2D eigenvalue weighted by atomic mass is 16.5. The Kier molecular flexibility index (Phi) is 6.87. The van der Waals surface area contributed by atoms with Crippen LogP contribution in [0.2, 0.25) is 0 Å². The maximum Gasteiger partial charge on any atom is 0.370 e. The van der Waals surface area contributed by atoms with E-state index in [0.717, 1.165) is 6.08 Å². The first-order valence-electron chi connectivity index (χ1n) is 6.80. The van der Waals surface area contributed by atoms with Crippen molar-refractivity contribution >= 4 is 11.9 Å². The van der Waals surface area contributed by atoms with Gasteiger partial charge in [-0.2, -0.15) is 0 Å². The maximum atomic E-state index is 11.4. The van der Waals surface area contributed by atoms with E-state index in [-0.39, 0.29) is 0 Å². The van der Waals surface area contributed by atoms with Gasteiger partial charge in [0, 0.05) is 6.92 Å². The largest absolute Gasteiger partial charge is 0.478 e. The van der Waals surface area contributed by atoms with E-state index in [1.165, 1.54) is 6.92 Å². The number of carboxylic acid groups (broad SMARTS) is 1. The summed E-state index contributed by atoms with van der Waals surface area (Å²) in [7, 11) is 0. The van der Waals surface area contributed by atoms with Crippen LogP contribution in [0.15, 0.2) is 11.8 Å². The summed E-state index contributed by atoms with van der Waals surface area (Å²) < 4.78 is 5.16. The lowest BCUT2D eigenvalue weighted by Crippen LogP contribution is -2.65. The Morgan fingerprint density at radius 3 is 2.43 bits per heavy atom. The Balaban J connectivity index is 3.19. The Morgan fingerprint density at radius 1 is 1.39 bits per heavy atom. The van der Waals surface area contributed by atoms with Crippen LogP contribution in [-0.2, 0) is 14.3 Å². The molecule has 0 spiro atoms. The summed E-state index contributed by atoms with van der Waals surface area (Å²) in [6, 6.07) is -1.87. The van der Waals surface area contributed by atoms with E-state index in [2.05, 4.69) is 10.6 Å². The molecule has 0 aromatic rings. The lowest BCUT2D eigenvalue weighted by Gasteiger charge is -2.40. The van der Waals surface area contributed by atoms with Crippen molar-refractivity contribution in [3.8, 4) is 0 Å². The standard InChI is InChI=1S/C12H22N4O7/c1-4(18)15-8-5(16-12(13)14)2-7(11(21)22)23-10(8)9(20)6(19)3-17/h2,5-6,8-10,12,16-17,19-20H,3,13-14H2,1H3,(H,15,18)(H,21,22)/t5-,6?,8+,9+,10+/m0/s1. The second-order valence-electron chi connectivity index (χ2n) is 5.10. The van der Waals surface area contributed by atoms with E-state index >= 15 is 0 Å². The van der Waals surface area contributed by atoms with E-state index in [0.29, 0.717) is 0 Å². The molecule has 11 heteroatoms. The molecule has 1 aliphatic rings. The van der Waals surface area contributed by atoms with Gasteiger partial charge in [0.05, 0.1) is 18.7 Å². The fourth-order valence-electron chi connectivity index (χ4n) is 2.24. The Labute approximate surface area is 131 Å². The molecular formula is C12H22N4O7. The summed E-state index contributed by atoms with van der Waals surface area (Å²) in [5.41, 5.74) is 10.9. The number of aliphatic hydroxyl groups is 3. The van der Waals surface area contributed by atoms with Crippen LogP contribution in [0.25, 0.3) is 0 Å². The van der Waals surface area contributed by atoms with E-state index < -0.39 is 60.9 Å². The number of nitrogens with two attached hydrogens (primary N) is 2. The minimum Gasteiger partial charge on any atom is -0.478 e. The number of carboxylic acids is 1. The maximum absolute atomic E-state index is 11.4. The van der Waals surface area contributed by atoms with Crippen molar-refractivity contribution in [2.24, 2.45) is 11.5 Å². The van der Waals surface area contributed by atoms with Gasteiger partial charge in [0.15, 0.2) is 0 Å². The number of nitrogens with one attached hydrogen (secondary N) is 2. The smallest absolute Gasteiger partial charge is 0.370 e. The van der Waals surface area contributed by atoms with Gasteiger partial charge in [-0.15, -0.1) is 0 Å². The first kappa shape index (κ1) is 19.3. The molecule has 0 fully saturated rings. The van der Waals surface area contributed by atoms with E-state index in [1.807, 2.05) is 0 Å². The summed E-state index contributed by atoms with van der Waals surface area (Å²) in [4.78, 5) is 22.5. The molecule has 1 unspecified atom stereocenters. The minimum absolute atomic E-state index is 0.487. The average molecular weight is 334 g/mol. The Morgan fingerprint density at radius 2 is 2.00 bits per heavy atom. The van der Waals surface area contributed by atoms with Crippen LogP contribution in [0.1, 0.15) is 6.92 Å². The molecule has 0 saturated carbocycles. The Bertz CT molecular complexity index is 470. The molecule has 0 aromatic carbocycles. The first-order valence-corrected chi connectivity index (χ1v) is 6.80. The zero-order valence-corrected chi connectivity index (χ0v) is 12.4. The fourth-order valence-corrected chi connectivity index (χ4v) is 2.24. The number of amides is 1. The molecule has 0 saturated heterocycles. The minimum atomic E-state index is -1.67. The molecule has 0 aromatic heterocycles. The summed E-state index contributed by atoms with van der Waals surface area (Å²) in [5.74, 6) is -2.42. The predicted octanol–water partition coefficient (Wildman–Crippen LogP) is -4.27. The molecule has 0 aliphatic carbocycles. The number of ether oxygens (including phenoxy) is 1. The van der Waals surface area contributed by atoms with Crippen LogP contribution >= 0.6 is 0 Å². The van der Waals surface area contributed by atoms with Gasteiger partial charge in [-0.25, -0.2) is 4.79 Å². The van der Waals surface area contributed by atoms with Crippen molar-refractivity contribution in [2.75, 3.05) is 6.61 Å². The number of aliphatic hydroxyl groups excluding tert-OH is 3. The van der Waals surface area contributed by atoms with Gasteiger partial charge in [-0.3, -0.25) is 10.1 Å². The highest BCUT2D eigenvalue weighted by Gasteiger charge is 2.43. The quantitative estimate of drug-likeness (QED) is 0.211. The summed E-state index contributed by atoms with van der Waals surface area (Å²) in [6.07, 6.45) is -4.52. The summed E-state index contributed by atoms with van der Waals surface area (Å²) >= 11 is 0. The third-order valence-corrected chi connectivity index (χ3v) is 3.22. The monoisotopic (exact) mass is 334 g/mol. The van der Waals surface area contributed by atoms with Crippen molar-refractivity contribution in [1.82, 2.24) is 10.6 Å². The molecular weight excluding hydrogens is 312 g/mol. The van der Waals surface area contributed by atoms with Crippen LogP contribution in [0, 0.1) is 0 Å². The van der Waals surface area contributed by atoms with Gasteiger partial charge in [0.2, 0.25) is 11.7 Å². The van der Waals surface area contributed by atoms with Crippen LogP contribution in [0.5, 0.6) is 0 Å². The highest BCUT2D eigenvalue weighted by Crippen LogP contribution is 2.23. The second kappa shape index (κ2) is 8.19. The normalized spacial score (nSPS) is 26.9. The lowest BCUT2D eigenvalue weighted by atomic mass is 9.92. The number of carbonyl (C=O) groups excluding carboxylic acids is 1. The van der Waals surface area contributed by atoms with E-state index in [4.69, 9.17) is 26.4 Å². The van der Waals surface area contributed by atoms with Crippen molar-refractivity contribution in [3.63, 3.8) is 0 Å². The lowest BCUT2D eigenvalue weighted by molar-refractivity contribution is -0.146. The molecule has 1 amide bonds. The molecule has 10 N–H and O–H groups in total. The predicted molar refractivity (Wildman–Crippen MR) is 76.4 cm³/mol. The van der Waals surface area contributed by atoms with Crippen molar-refractivity contribution in [1.29, 1.82) is 0 Å². The van der Waals surface area contributed by atoms with Gasteiger partial charge in [-0.05, 0) is 6.08 Å². The number of hydrogen-bond acceptors (Lipinski definition) is 9. The molecule has 5 atom stereocenters. The van der Waals surface area contributed by atoms with Gasteiger partial charge >= 0.3 is 5.97 Å². The fraction of sp³-hybridized carbons (Fsp3) is 0.667. The molecule has 1 heterocycles. The van der Waals surface area contributed by atoms with Crippen LogP contribution in [-0.4, -0.2) is 75.6 Å². The molecule has 0 bridgehead atoms. The van der Waals surface area contributed by atoms with Gasteiger partial charge in [-0.1, -0.05) is 0 Å². The molecule has 1 rings (SSSR count). The number of hydrogen-bond donors (Lipinski definition) is 8. The molecule has 11 nitrogen and oxygen atoms in total. The molecule has 1 aliphatic heterocycles. The van der Waals surface area contributed by atoms with Crippen LogP contribution < -0.4 is 22.1 Å². The van der Waals surface area contributed by atoms with Crippen LogP contribution in [0.4, 0.5) is 0 Å². The zero-order chi connectivity index (χ0) is 17.7. The van der Waals surface area contributed by atoms with Gasteiger partial charge in [0.1, 0.15) is 24.6 Å². The van der Waals surface area contributed by atoms with Crippen LogP contribution in [0.3, 0.4) is 0 Å². The van der Waals surface area contributed by atoms with E-state index in [1.54, 1.807) is 0 Å². The number of aliphatic carboxylic acids is 1. The number of rotatable bonds is 7. The molecule has 132 valence electrons. The SMILES string of the molecule is CC(=O)N[C@H]1[C@H]([C@H](O)C(O)CO)OC(C(=O)O)=C[C@@H]1NC(N)N. The average Bonchev–Trinajstić information content (AvgIpc) is 2.45. The summed E-state index contributed by atoms with van der Waals surface area (Å²) in [6.45, 7) is 0.427. The topological polar surface area (TPSA) is 200 Å². The second-order valence-corrected chi connectivity index (χ2v) is 5.10. The third kappa shape index (κ3) is 5.13. The molecule has 0 radical (unpaired) electrons. The van der Waals surface area contributed by atoms with Gasteiger partial charge < -0.3 is 41.9 Å². The first-order chi connectivity index (χ1) is 10.7. The van der Waals surface area contributed by atoms with Crippen molar-refractivity contribution < 1.29 is 34.8 Å². The Hall–Kier alpha value is -1.76. The van der Waals surface area contributed by atoms with Crippen molar-refractivity contribution in [3.05, 3.63) is 11.8 Å². The number of carbonyl (C=O) groups is 2. The third-order valence-electron chi connectivity index (χ3n) is 3.22. The molecule has 23 heavy (non-hydrogen) atoms.